The van der Waals surface area contributed by atoms with E-state index in [-0.39, 0.29) is 0 Å². The molecule has 3 N–H and O–H groups in total. The topological polar surface area (TPSA) is 73.9 Å². The predicted octanol–water partition coefficient (Wildman–Crippen LogP) is 2.26. The van der Waals surface area contributed by atoms with Gasteiger partial charge in [-0.15, -0.1) is 0 Å². The van der Waals surface area contributed by atoms with Gasteiger partial charge in [0, 0.05) is 23.0 Å². The summed E-state index contributed by atoms with van der Waals surface area (Å²) in [5.41, 5.74) is 6.22. The molecule has 0 radical (unpaired) electrons. The van der Waals surface area contributed by atoms with E-state index in [1.807, 2.05) is 0 Å². The Hall–Kier alpha value is -0.820. The Labute approximate surface area is 133 Å². The highest BCUT2D eigenvalue weighted by Crippen LogP contribution is 2.45. The first-order chi connectivity index (χ1) is 10.1. The molecule has 0 spiro atoms. The Morgan fingerprint density at radius 3 is 2.57 bits per heavy atom. The van der Waals surface area contributed by atoms with Crippen LogP contribution in [0.1, 0.15) is 24.5 Å². The van der Waals surface area contributed by atoms with Crippen molar-refractivity contribution in [2.24, 2.45) is 11.1 Å². The zero-order valence-corrected chi connectivity index (χ0v) is 14.0. The summed E-state index contributed by atoms with van der Waals surface area (Å²) in [7, 11) is 3.15. The van der Waals surface area contributed by atoms with E-state index in [1.54, 1.807) is 26.4 Å². The van der Waals surface area contributed by atoms with Crippen LogP contribution < -0.4 is 15.2 Å². The molecule has 6 heteroatoms. The molecule has 118 valence electrons. The SMILES string of the molecule is COc1cc(Br)c(C(O)C2(CN)CCCOC2)cc1OC. The molecule has 1 heterocycles. The third kappa shape index (κ3) is 3.18. The lowest BCUT2D eigenvalue weighted by Gasteiger charge is -2.40. The van der Waals surface area contributed by atoms with E-state index in [9.17, 15) is 5.11 Å². The Bertz CT molecular complexity index is 489. The molecule has 0 aromatic heterocycles. The van der Waals surface area contributed by atoms with Crippen LogP contribution in [0.2, 0.25) is 0 Å². The highest BCUT2D eigenvalue weighted by molar-refractivity contribution is 9.10. The van der Waals surface area contributed by atoms with Gasteiger partial charge in [0.1, 0.15) is 0 Å². The molecular formula is C15H22BrNO4. The highest BCUT2D eigenvalue weighted by Gasteiger charge is 2.40. The molecule has 1 aliphatic heterocycles. The molecule has 5 nitrogen and oxygen atoms in total. The van der Waals surface area contributed by atoms with Gasteiger partial charge in [0.2, 0.25) is 0 Å². The van der Waals surface area contributed by atoms with Crippen molar-refractivity contribution in [1.82, 2.24) is 0 Å². The zero-order chi connectivity index (χ0) is 15.5. The first-order valence-corrected chi connectivity index (χ1v) is 7.74. The number of hydrogen-bond donors (Lipinski definition) is 2. The van der Waals surface area contributed by atoms with Crippen molar-refractivity contribution >= 4 is 15.9 Å². The number of halogens is 1. The van der Waals surface area contributed by atoms with Gasteiger partial charge in [0.25, 0.3) is 0 Å². The van der Waals surface area contributed by atoms with Crippen molar-refractivity contribution < 1.29 is 19.3 Å². The van der Waals surface area contributed by atoms with Crippen LogP contribution in [0.15, 0.2) is 16.6 Å². The maximum atomic E-state index is 10.9. The van der Waals surface area contributed by atoms with Crippen molar-refractivity contribution in [2.75, 3.05) is 34.0 Å². The molecule has 0 bridgehead atoms. The van der Waals surface area contributed by atoms with Gasteiger partial charge < -0.3 is 25.1 Å². The molecule has 1 fully saturated rings. The van der Waals surface area contributed by atoms with Gasteiger partial charge in [0.05, 0.1) is 26.9 Å². The van der Waals surface area contributed by atoms with Gasteiger partial charge in [0.15, 0.2) is 11.5 Å². The Morgan fingerprint density at radius 2 is 2.05 bits per heavy atom. The quantitative estimate of drug-likeness (QED) is 0.843. The Morgan fingerprint density at radius 1 is 1.38 bits per heavy atom. The summed E-state index contributed by atoms with van der Waals surface area (Å²) >= 11 is 3.49. The molecule has 1 aromatic carbocycles. The van der Waals surface area contributed by atoms with Crippen LogP contribution in [0.3, 0.4) is 0 Å². The second kappa shape index (κ2) is 6.96. The summed E-state index contributed by atoms with van der Waals surface area (Å²) in [5, 5.41) is 10.9. The van der Waals surface area contributed by atoms with Crippen molar-refractivity contribution in [3.63, 3.8) is 0 Å². The largest absolute Gasteiger partial charge is 0.493 e. The number of aliphatic hydroxyl groups excluding tert-OH is 1. The second-order valence-electron chi connectivity index (χ2n) is 5.35. The molecule has 2 unspecified atom stereocenters. The predicted molar refractivity (Wildman–Crippen MR) is 83.7 cm³/mol. The van der Waals surface area contributed by atoms with Crippen LogP contribution >= 0.6 is 15.9 Å². The monoisotopic (exact) mass is 359 g/mol. The fourth-order valence-electron chi connectivity index (χ4n) is 2.77. The van der Waals surface area contributed by atoms with Gasteiger partial charge in [-0.3, -0.25) is 0 Å². The van der Waals surface area contributed by atoms with Crippen LogP contribution in [-0.4, -0.2) is 39.1 Å². The van der Waals surface area contributed by atoms with E-state index >= 15 is 0 Å². The number of hydrogen-bond acceptors (Lipinski definition) is 5. The molecule has 0 aliphatic carbocycles. The maximum absolute atomic E-state index is 10.9. The molecule has 21 heavy (non-hydrogen) atoms. The summed E-state index contributed by atoms with van der Waals surface area (Å²) in [6.07, 6.45) is 1.02. The number of methoxy groups -OCH3 is 2. The lowest BCUT2D eigenvalue weighted by atomic mass is 9.75. The summed E-state index contributed by atoms with van der Waals surface area (Å²) in [4.78, 5) is 0. The minimum atomic E-state index is -0.725. The molecule has 1 aromatic rings. The molecule has 2 rings (SSSR count). The van der Waals surface area contributed by atoms with Crippen molar-refractivity contribution in [3.8, 4) is 11.5 Å². The number of benzene rings is 1. The third-order valence-corrected chi connectivity index (χ3v) is 4.82. The number of rotatable bonds is 5. The third-order valence-electron chi connectivity index (χ3n) is 4.14. The lowest BCUT2D eigenvalue weighted by Crippen LogP contribution is -2.43. The van der Waals surface area contributed by atoms with E-state index in [0.29, 0.717) is 24.7 Å². The van der Waals surface area contributed by atoms with Gasteiger partial charge >= 0.3 is 0 Å². The van der Waals surface area contributed by atoms with E-state index in [1.165, 1.54) is 0 Å². The molecule has 0 saturated carbocycles. The minimum absolute atomic E-state index is 0.370. The maximum Gasteiger partial charge on any atom is 0.161 e. The Kier molecular flexibility index (Phi) is 5.48. The van der Waals surface area contributed by atoms with E-state index in [4.69, 9.17) is 19.9 Å². The smallest absolute Gasteiger partial charge is 0.161 e. The van der Waals surface area contributed by atoms with Crippen molar-refractivity contribution in [2.45, 2.75) is 18.9 Å². The lowest BCUT2D eigenvalue weighted by molar-refractivity contribution is -0.0785. The summed E-state index contributed by atoms with van der Waals surface area (Å²) < 4.78 is 16.9. The van der Waals surface area contributed by atoms with Crippen LogP contribution in [0.4, 0.5) is 0 Å². The molecule has 1 aliphatic rings. The Balaban J connectivity index is 2.39. The van der Waals surface area contributed by atoms with Gasteiger partial charge in [-0.2, -0.15) is 0 Å². The highest BCUT2D eigenvalue weighted by atomic mass is 79.9. The first-order valence-electron chi connectivity index (χ1n) is 6.95. The number of aliphatic hydroxyl groups is 1. The molecule has 2 atom stereocenters. The van der Waals surface area contributed by atoms with Crippen LogP contribution in [-0.2, 0) is 4.74 Å². The number of nitrogens with two attached hydrogens (primary N) is 1. The fraction of sp³-hybridized carbons (Fsp3) is 0.600. The normalized spacial score (nSPS) is 23.7. The molecular weight excluding hydrogens is 338 g/mol. The van der Waals surface area contributed by atoms with Crippen LogP contribution in [0.25, 0.3) is 0 Å². The molecule has 0 amide bonds. The first kappa shape index (κ1) is 16.5. The zero-order valence-electron chi connectivity index (χ0n) is 12.4. The molecule has 1 saturated heterocycles. The minimum Gasteiger partial charge on any atom is -0.493 e. The van der Waals surface area contributed by atoms with Crippen molar-refractivity contribution in [3.05, 3.63) is 22.2 Å². The fourth-order valence-corrected chi connectivity index (χ4v) is 3.31. The van der Waals surface area contributed by atoms with E-state index in [0.717, 1.165) is 29.5 Å². The average molecular weight is 360 g/mol. The van der Waals surface area contributed by atoms with Crippen molar-refractivity contribution in [1.29, 1.82) is 0 Å². The van der Waals surface area contributed by atoms with Crippen LogP contribution in [0.5, 0.6) is 11.5 Å². The van der Waals surface area contributed by atoms with Gasteiger partial charge in [-0.1, -0.05) is 15.9 Å². The number of ether oxygens (including phenoxy) is 3. The summed E-state index contributed by atoms with van der Waals surface area (Å²) in [6.45, 7) is 1.56. The summed E-state index contributed by atoms with van der Waals surface area (Å²) in [5.74, 6) is 1.20. The average Bonchev–Trinajstić information content (AvgIpc) is 2.54. The second-order valence-corrected chi connectivity index (χ2v) is 6.21. The van der Waals surface area contributed by atoms with Gasteiger partial charge in [-0.05, 0) is 30.5 Å². The van der Waals surface area contributed by atoms with E-state index in [2.05, 4.69) is 15.9 Å². The van der Waals surface area contributed by atoms with Gasteiger partial charge in [-0.25, -0.2) is 0 Å². The summed E-state index contributed by atoms with van der Waals surface area (Å²) in [6, 6.07) is 3.59. The standard InChI is InChI=1S/C15H22BrNO4/c1-19-12-6-10(11(16)7-13(12)20-2)14(18)15(8-17)4-3-5-21-9-15/h6-7,14,18H,3-5,8-9,17H2,1-2H3. The van der Waals surface area contributed by atoms with E-state index < -0.39 is 11.5 Å². The van der Waals surface area contributed by atoms with Crippen LogP contribution in [0, 0.1) is 5.41 Å².